The summed E-state index contributed by atoms with van der Waals surface area (Å²) in [6, 6.07) is 16.2. The van der Waals surface area contributed by atoms with Crippen molar-refractivity contribution in [2.45, 2.75) is 44.6 Å². The lowest BCUT2D eigenvalue weighted by Crippen LogP contribution is -2.44. The second kappa shape index (κ2) is 11.2. The Morgan fingerprint density at radius 1 is 0.973 bits per heavy atom. The van der Waals surface area contributed by atoms with Crippen LogP contribution >= 0.6 is 0 Å². The smallest absolute Gasteiger partial charge is 0.229 e. The highest BCUT2D eigenvalue weighted by Crippen LogP contribution is 2.26. The molecule has 1 saturated heterocycles. The summed E-state index contributed by atoms with van der Waals surface area (Å²) in [6.45, 7) is 12.4. The van der Waals surface area contributed by atoms with E-state index in [0.29, 0.717) is 5.95 Å². The molecule has 2 aromatic carbocycles. The summed E-state index contributed by atoms with van der Waals surface area (Å²) in [5.74, 6) is 1.26. The van der Waals surface area contributed by atoms with Gasteiger partial charge in [-0.05, 0) is 86.8 Å². The van der Waals surface area contributed by atoms with Crippen molar-refractivity contribution in [1.82, 2.24) is 19.6 Å². The van der Waals surface area contributed by atoms with Gasteiger partial charge in [-0.1, -0.05) is 13.0 Å². The molecule has 0 saturated carbocycles. The third-order valence-corrected chi connectivity index (χ3v) is 8.75. The molecule has 3 N–H and O–H groups in total. The summed E-state index contributed by atoms with van der Waals surface area (Å²) in [5, 5.41) is 6.77. The van der Waals surface area contributed by atoms with Crippen LogP contribution in [0.3, 0.4) is 0 Å². The highest BCUT2D eigenvalue weighted by Gasteiger charge is 2.20. The van der Waals surface area contributed by atoms with Crippen LogP contribution in [0.15, 0.2) is 59.6 Å². The average Bonchev–Trinajstić information content (AvgIpc) is 2.84. The molecule has 0 unspecified atom stereocenters. The summed E-state index contributed by atoms with van der Waals surface area (Å²) in [6.07, 6.45) is 4.42. The Labute approximate surface area is 222 Å². The summed E-state index contributed by atoms with van der Waals surface area (Å²) < 4.78 is 16.7. The Kier molecular flexibility index (Phi) is 8.16. The zero-order valence-corrected chi connectivity index (χ0v) is 23.8. The van der Waals surface area contributed by atoms with Crippen molar-refractivity contribution in [2.75, 3.05) is 55.0 Å². The second-order valence-corrected chi connectivity index (χ2v) is 13.4. The van der Waals surface area contributed by atoms with Gasteiger partial charge in [0.25, 0.3) is 0 Å². The first-order valence-corrected chi connectivity index (χ1v) is 15.1. The van der Waals surface area contributed by atoms with Gasteiger partial charge in [0.15, 0.2) is 0 Å². The summed E-state index contributed by atoms with van der Waals surface area (Å²) in [5.41, 5.74) is 3.77. The molecule has 1 aromatic heterocycles. The van der Waals surface area contributed by atoms with Crippen LogP contribution in [-0.2, 0) is 16.5 Å². The van der Waals surface area contributed by atoms with Gasteiger partial charge in [0.1, 0.15) is 5.82 Å². The molecule has 200 valence electrons. The van der Waals surface area contributed by atoms with Gasteiger partial charge in [-0.3, -0.25) is 8.93 Å². The lowest BCUT2D eigenvalue weighted by Gasteiger charge is -2.34. The molecule has 2 heterocycles. The van der Waals surface area contributed by atoms with Crippen LogP contribution in [-0.4, -0.2) is 64.1 Å². The fourth-order valence-electron chi connectivity index (χ4n) is 4.47. The topological polar surface area (TPSA) is 85.4 Å². The van der Waals surface area contributed by atoms with Gasteiger partial charge in [-0.2, -0.15) is 4.98 Å². The first-order chi connectivity index (χ1) is 17.5. The number of hydrogen-bond donors (Lipinski definition) is 4. The molecule has 0 bridgehead atoms. The van der Waals surface area contributed by atoms with Crippen molar-refractivity contribution in [2.24, 2.45) is 0 Å². The Morgan fingerprint density at radius 3 is 2.32 bits per heavy atom. The third-order valence-electron chi connectivity index (χ3n) is 6.39. The lowest BCUT2D eigenvalue weighted by atomic mass is 10.1. The Bertz CT molecular complexity index is 1250. The van der Waals surface area contributed by atoms with Crippen LogP contribution in [0.5, 0.6) is 0 Å². The van der Waals surface area contributed by atoms with Crippen LogP contribution in [0.2, 0.25) is 0 Å². The summed E-state index contributed by atoms with van der Waals surface area (Å²) >= 11 is 0. The molecule has 1 fully saturated rings. The first-order valence-electron chi connectivity index (χ1n) is 12.9. The number of benzene rings is 2. The fraction of sp³-hybridized carbons (Fsp3) is 0.429. The highest BCUT2D eigenvalue weighted by molar-refractivity contribution is 8.00. The van der Waals surface area contributed by atoms with E-state index >= 15 is 0 Å². The van der Waals surface area contributed by atoms with Crippen molar-refractivity contribution >= 4 is 38.9 Å². The minimum Gasteiger partial charge on any atom is -0.369 e. The molecule has 0 amide bonds. The molecule has 4 rings (SSSR count). The minimum absolute atomic E-state index is 0.251. The van der Waals surface area contributed by atoms with Crippen molar-refractivity contribution in [3.8, 4) is 0 Å². The second-order valence-electron chi connectivity index (χ2n) is 10.8. The van der Waals surface area contributed by atoms with Crippen LogP contribution < -0.4 is 20.3 Å². The quantitative estimate of drug-likeness (QED) is 0.322. The van der Waals surface area contributed by atoms with Crippen LogP contribution in [0.1, 0.15) is 33.3 Å². The number of nitrogens with one attached hydrogen (secondary N) is 3. The average molecular weight is 524 g/mol. The molecule has 0 atom stereocenters. The molecule has 0 spiro atoms. The van der Waals surface area contributed by atoms with Gasteiger partial charge in [0.2, 0.25) is 5.95 Å². The molecule has 1 aliphatic heterocycles. The maximum atomic E-state index is 13.4. The van der Waals surface area contributed by atoms with E-state index in [1.807, 2.05) is 51.2 Å². The van der Waals surface area contributed by atoms with E-state index in [1.165, 1.54) is 5.69 Å². The maximum absolute atomic E-state index is 13.4. The standard InChI is InChI=1S/C28H41N7OS/c1-7-21-20-29-27(31-22-11-13-24(14-12-22)35-17-15-34(5)16-18-35)32-26(21)30-23-9-8-10-25(19-23)37(6,36)33-28(2,3)4/h8-14,19-20,37H,7,15-18H2,1-6H3,(H,33,36)(H2,29,30,31,32). The van der Waals surface area contributed by atoms with Gasteiger partial charge in [-0.15, -0.1) is 0 Å². The Hall–Kier alpha value is -3.01. The van der Waals surface area contributed by atoms with Crippen molar-refractivity contribution in [3.05, 3.63) is 60.3 Å². The monoisotopic (exact) mass is 523 g/mol. The van der Waals surface area contributed by atoms with E-state index in [1.54, 1.807) is 6.26 Å². The summed E-state index contributed by atoms with van der Waals surface area (Å²) in [7, 11) is -0.564. The van der Waals surface area contributed by atoms with E-state index in [9.17, 15) is 4.21 Å². The fourth-order valence-corrected chi connectivity index (χ4v) is 6.64. The van der Waals surface area contributed by atoms with E-state index in [-0.39, 0.29) is 5.54 Å². The molecular formula is C28H41N7OS. The number of anilines is 5. The predicted molar refractivity (Wildman–Crippen MR) is 157 cm³/mol. The first kappa shape index (κ1) is 27.0. The van der Waals surface area contributed by atoms with Crippen LogP contribution in [0.4, 0.5) is 28.8 Å². The van der Waals surface area contributed by atoms with Gasteiger partial charge >= 0.3 is 0 Å². The molecule has 3 aromatic rings. The van der Waals surface area contributed by atoms with Crippen molar-refractivity contribution < 1.29 is 4.21 Å². The van der Waals surface area contributed by atoms with Crippen LogP contribution in [0, 0.1) is 0 Å². The van der Waals surface area contributed by atoms with Crippen LogP contribution in [0.25, 0.3) is 0 Å². The number of nitrogens with zero attached hydrogens (tertiary/aromatic N) is 4. The van der Waals surface area contributed by atoms with E-state index < -0.39 is 10.1 Å². The van der Waals surface area contributed by atoms with Gasteiger partial charge in [0.05, 0.1) is 0 Å². The Morgan fingerprint density at radius 2 is 1.68 bits per heavy atom. The number of hydrogen-bond acceptors (Lipinski definition) is 7. The van der Waals surface area contributed by atoms with E-state index in [2.05, 4.69) is 68.4 Å². The van der Waals surface area contributed by atoms with Gasteiger partial charge in [0, 0.05) is 71.7 Å². The predicted octanol–water partition coefficient (Wildman–Crippen LogP) is 4.59. The van der Waals surface area contributed by atoms with E-state index in [4.69, 9.17) is 4.98 Å². The maximum Gasteiger partial charge on any atom is 0.229 e. The number of piperazine rings is 1. The SMILES string of the molecule is CCc1cnc(Nc2ccc(N3CCN(C)CC3)cc2)nc1Nc1cccc([SH](C)(=O)NC(C)(C)C)c1. The van der Waals surface area contributed by atoms with Crippen molar-refractivity contribution in [1.29, 1.82) is 0 Å². The number of aryl methyl sites for hydroxylation is 1. The highest BCUT2D eigenvalue weighted by atomic mass is 32.3. The number of aromatic nitrogens is 2. The summed E-state index contributed by atoms with van der Waals surface area (Å²) in [4.78, 5) is 14.9. The number of thiol groups is 1. The molecule has 8 nitrogen and oxygen atoms in total. The third kappa shape index (κ3) is 7.28. The van der Waals surface area contributed by atoms with E-state index in [0.717, 1.165) is 60.3 Å². The zero-order chi connectivity index (χ0) is 26.6. The molecule has 9 heteroatoms. The number of rotatable bonds is 8. The normalized spacial score (nSPS) is 15.5. The molecule has 0 aliphatic carbocycles. The number of likely N-dealkylation sites (N-methyl/N-ethyl adjacent to an activating group) is 1. The largest absolute Gasteiger partial charge is 0.369 e. The Balaban J connectivity index is 1.49. The van der Waals surface area contributed by atoms with Crippen molar-refractivity contribution in [3.63, 3.8) is 0 Å². The molecule has 37 heavy (non-hydrogen) atoms. The molecule has 0 radical (unpaired) electrons. The van der Waals surface area contributed by atoms with Gasteiger partial charge in [-0.25, -0.2) is 4.98 Å². The minimum atomic E-state index is -2.73. The molecular weight excluding hydrogens is 482 g/mol. The van der Waals surface area contributed by atoms with Gasteiger partial charge < -0.3 is 20.4 Å². The zero-order valence-electron chi connectivity index (χ0n) is 22.9. The lowest BCUT2D eigenvalue weighted by molar-refractivity contribution is 0.313. The molecule has 1 aliphatic rings.